The SMILES string of the molecule is C=CC(=O)OC(CCCCC)CC[Si](OCC)(OCC)OCC. The van der Waals surface area contributed by atoms with Crippen molar-refractivity contribution < 1.29 is 22.8 Å². The molecule has 136 valence electrons. The van der Waals surface area contributed by atoms with E-state index in [0.29, 0.717) is 32.3 Å². The van der Waals surface area contributed by atoms with Crippen molar-refractivity contribution in [1.29, 1.82) is 0 Å². The predicted octanol–water partition coefficient (Wildman–Crippen LogP) is 4.10. The van der Waals surface area contributed by atoms with Gasteiger partial charge in [-0.1, -0.05) is 26.3 Å². The number of unbranched alkanes of at least 4 members (excludes halogenated alkanes) is 2. The van der Waals surface area contributed by atoms with Gasteiger partial charge in [-0.25, -0.2) is 4.79 Å². The maximum atomic E-state index is 11.5. The molecule has 1 unspecified atom stereocenters. The molecule has 23 heavy (non-hydrogen) atoms. The van der Waals surface area contributed by atoms with Crippen molar-refractivity contribution in [3.63, 3.8) is 0 Å². The highest BCUT2D eigenvalue weighted by atomic mass is 28.4. The van der Waals surface area contributed by atoms with E-state index in [1.165, 1.54) is 6.08 Å². The molecular weight excluding hydrogens is 312 g/mol. The molecule has 5 nitrogen and oxygen atoms in total. The third-order valence-electron chi connectivity index (χ3n) is 3.44. The van der Waals surface area contributed by atoms with Gasteiger partial charge >= 0.3 is 14.8 Å². The Hall–Kier alpha value is -0.693. The Morgan fingerprint density at radius 2 is 1.57 bits per heavy atom. The van der Waals surface area contributed by atoms with Crippen LogP contribution in [0.5, 0.6) is 0 Å². The first kappa shape index (κ1) is 22.3. The van der Waals surface area contributed by atoms with Crippen LogP contribution in [0.25, 0.3) is 0 Å². The van der Waals surface area contributed by atoms with Gasteiger partial charge in [0.25, 0.3) is 0 Å². The molecule has 0 spiro atoms. The summed E-state index contributed by atoms with van der Waals surface area (Å²) in [6.45, 7) is 13.1. The van der Waals surface area contributed by atoms with Gasteiger partial charge in [-0.3, -0.25) is 0 Å². The summed E-state index contributed by atoms with van der Waals surface area (Å²) in [5.74, 6) is -0.372. The lowest BCUT2D eigenvalue weighted by atomic mass is 10.1. The van der Waals surface area contributed by atoms with Gasteiger partial charge in [0.15, 0.2) is 0 Å². The van der Waals surface area contributed by atoms with Gasteiger partial charge in [-0.15, -0.1) is 0 Å². The summed E-state index contributed by atoms with van der Waals surface area (Å²) >= 11 is 0. The van der Waals surface area contributed by atoms with Crippen LogP contribution < -0.4 is 0 Å². The summed E-state index contributed by atoms with van der Waals surface area (Å²) in [6, 6.07) is 0.656. The van der Waals surface area contributed by atoms with Crippen LogP contribution in [0.4, 0.5) is 0 Å². The predicted molar refractivity (Wildman–Crippen MR) is 94.3 cm³/mol. The quantitative estimate of drug-likeness (QED) is 0.193. The molecule has 0 aromatic heterocycles. The fourth-order valence-corrected chi connectivity index (χ4v) is 5.11. The van der Waals surface area contributed by atoms with Crippen molar-refractivity contribution in [2.75, 3.05) is 19.8 Å². The largest absolute Gasteiger partial charge is 0.501 e. The number of ether oxygens (including phenoxy) is 1. The molecule has 0 amide bonds. The number of carbonyl (C=O) groups is 1. The average molecular weight is 347 g/mol. The van der Waals surface area contributed by atoms with Crippen molar-refractivity contribution in [3.8, 4) is 0 Å². The molecule has 0 saturated carbocycles. The van der Waals surface area contributed by atoms with Crippen molar-refractivity contribution in [2.45, 2.75) is 71.9 Å². The molecule has 0 aromatic carbocycles. The zero-order chi connectivity index (χ0) is 17.6. The molecule has 0 radical (unpaired) electrons. The third-order valence-corrected chi connectivity index (χ3v) is 6.53. The van der Waals surface area contributed by atoms with Crippen molar-refractivity contribution in [3.05, 3.63) is 12.7 Å². The first-order valence-electron chi connectivity index (χ1n) is 8.82. The summed E-state index contributed by atoms with van der Waals surface area (Å²) in [4.78, 5) is 11.5. The van der Waals surface area contributed by atoms with Gasteiger partial charge in [0.2, 0.25) is 0 Å². The monoisotopic (exact) mass is 346 g/mol. The number of hydrogen-bond donors (Lipinski definition) is 0. The fraction of sp³-hybridized carbons (Fsp3) is 0.824. The molecule has 0 aliphatic rings. The average Bonchev–Trinajstić information content (AvgIpc) is 2.53. The van der Waals surface area contributed by atoms with Crippen LogP contribution in [-0.4, -0.2) is 40.7 Å². The number of rotatable bonds is 15. The van der Waals surface area contributed by atoms with E-state index in [1.54, 1.807) is 0 Å². The van der Waals surface area contributed by atoms with Gasteiger partial charge in [0, 0.05) is 31.9 Å². The molecule has 0 saturated heterocycles. The van der Waals surface area contributed by atoms with Crippen LogP contribution in [0, 0.1) is 0 Å². The summed E-state index contributed by atoms with van der Waals surface area (Å²) in [6.07, 6.45) is 5.92. The van der Waals surface area contributed by atoms with Crippen LogP contribution in [0.15, 0.2) is 12.7 Å². The minimum Gasteiger partial charge on any atom is -0.459 e. The summed E-state index contributed by atoms with van der Waals surface area (Å²) in [7, 11) is -2.68. The normalized spacial score (nSPS) is 12.9. The lowest BCUT2D eigenvalue weighted by Crippen LogP contribution is -2.46. The maximum Gasteiger partial charge on any atom is 0.501 e. The Labute approximate surface area is 142 Å². The highest BCUT2D eigenvalue weighted by Gasteiger charge is 2.40. The molecule has 0 N–H and O–H groups in total. The molecule has 0 heterocycles. The molecule has 0 rings (SSSR count). The fourth-order valence-electron chi connectivity index (χ4n) is 2.44. The molecular formula is C17H34O5Si. The standard InChI is InChI=1S/C17H34O5Si/c1-6-11-12-13-16(22-17(18)7-2)14-15-23(19-8-3,20-9-4)21-10-5/h7,16H,2,6,8-15H2,1,3-5H3. The van der Waals surface area contributed by atoms with Gasteiger partial charge in [0.05, 0.1) is 0 Å². The van der Waals surface area contributed by atoms with Crippen LogP contribution in [0.1, 0.15) is 59.8 Å². The van der Waals surface area contributed by atoms with E-state index in [0.717, 1.165) is 25.7 Å². The second kappa shape index (κ2) is 13.7. The van der Waals surface area contributed by atoms with Crippen molar-refractivity contribution in [1.82, 2.24) is 0 Å². The zero-order valence-electron chi connectivity index (χ0n) is 15.3. The topological polar surface area (TPSA) is 54.0 Å². The Kier molecular flexibility index (Phi) is 13.3. The minimum atomic E-state index is -2.68. The lowest BCUT2D eigenvalue weighted by Gasteiger charge is -2.29. The smallest absolute Gasteiger partial charge is 0.459 e. The number of esters is 1. The third kappa shape index (κ3) is 9.91. The van der Waals surface area contributed by atoms with Crippen molar-refractivity contribution >= 4 is 14.8 Å². The van der Waals surface area contributed by atoms with Crippen LogP contribution in [0.3, 0.4) is 0 Å². The van der Waals surface area contributed by atoms with E-state index >= 15 is 0 Å². The van der Waals surface area contributed by atoms with E-state index < -0.39 is 8.80 Å². The lowest BCUT2D eigenvalue weighted by molar-refractivity contribution is -0.143. The highest BCUT2D eigenvalue weighted by Crippen LogP contribution is 2.22. The number of hydrogen-bond acceptors (Lipinski definition) is 5. The molecule has 0 aliphatic heterocycles. The first-order chi connectivity index (χ1) is 11.1. The van der Waals surface area contributed by atoms with Crippen LogP contribution >= 0.6 is 0 Å². The van der Waals surface area contributed by atoms with E-state index in [1.807, 2.05) is 20.8 Å². The second-order valence-corrected chi connectivity index (χ2v) is 8.01. The Morgan fingerprint density at radius 1 is 1.00 bits per heavy atom. The van der Waals surface area contributed by atoms with Gasteiger partial charge in [0.1, 0.15) is 6.10 Å². The maximum absolute atomic E-state index is 11.5. The van der Waals surface area contributed by atoms with E-state index in [-0.39, 0.29) is 12.1 Å². The van der Waals surface area contributed by atoms with Crippen LogP contribution in [0.2, 0.25) is 6.04 Å². The first-order valence-corrected chi connectivity index (χ1v) is 10.7. The van der Waals surface area contributed by atoms with Crippen molar-refractivity contribution in [2.24, 2.45) is 0 Å². The molecule has 0 aromatic rings. The Balaban J connectivity index is 4.75. The second-order valence-electron chi connectivity index (χ2n) is 5.28. The molecule has 0 aliphatic carbocycles. The van der Waals surface area contributed by atoms with E-state index in [2.05, 4.69) is 13.5 Å². The zero-order valence-corrected chi connectivity index (χ0v) is 16.3. The summed E-state index contributed by atoms with van der Waals surface area (Å²) in [5, 5.41) is 0. The molecule has 0 bridgehead atoms. The molecule has 0 fully saturated rings. The molecule has 6 heteroatoms. The van der Waals surface area contributed by atoms with Crippen LogP contribution in [-0.2, 0) is 22.8 Å². The summed E-state index contributed by atoms with van der Waals surface area (Å²) in [5.41, 5.74) is 0. The Morgan fingerprint density at radius 3 is 2.00 bits per heavy atom. The van der Waals surface area contributed by atoms with E-state index in [9.17, 15) is 4.79 Å². The minimum absolute atomic E-state index is 0.139. The van der Waals surface area contributed by atoms with Gasteiger partial charge in [-0.2, -0.15) is 0 Å². The molecule has 1 atom stereocenters. The highest BCUT2D eigenvalue weighted by molar-refractivity contribution is 6.60. The Bertz CT molecular complexity index is 305. The van der Waals surface area contributed by atoms with E-state index in [4.69, 9.17) is 18.0 Å². The number of carbonyl (C=O) groups excluding carboxylic acids is 1. The van der Waals surface area contributed by atoms with Gasteiger partial charge in [-0.05, 0) is 40.0 Å². The van der Waals surface area contributed by atoms with Gasteiger partial charge < -0.3 is 18.0 Å². The summed E-state index contributed by atoms with van der Waals surface area (Å²) < 4.78 is 23.0.